The van der Waals surface area contributed by atoms with Gasteiger partial charge in [0.1, 0.15) is 18.0 Å². The van der Waals surface area contributed by atoms with Crippen LogP contribution in [0.15, 0.2) is 47.0 Å². The Bertz CT molecular complexity index is 1100. The van der Waals surface area contributed by atoms with Gasteiger partial charge in [0, 0.05) is 24.1 Å². The van der Waals surface area contributed by atoms with Crippen LogP contribution in [0.3, 0.4) is 0 Å². The number of carboxylic acids is 1. The number of H-pyrrole nitrogens is 1. The summed E-state index contributed by atoms with van der Waals surface area (Å²) in [5, 5.41) is 20.7. The molecule has 130 valence electrons. The Morgan fingerprint density at radius 2 is 2.00 bits per heavy atom. The van der Waals surface area contributed by atoms with Crippen molar-refractivity contribution in [1.82, 2.24) is 20.2 Å². The molecule has 0 spiro atoms. The number of benzene rings is 1. The van der Waals surface area contributed by atoms with Gasteiger partial charge in [0.15, 0.2) is 0 Å². The fourth-order valence-electron chi connectivity index (χ4n) is 2.83. The normalized spacial score (nSPS) is 11.0. The van der Waals surface area contributed by atoms with Gasteiger partial charge in [-0.1, -0.05) is 18.2 Å². The molecule has 0 unspecified atom stereocenters. The number of fused-ring (bicyclic) bond motifs is 1. The lowest BCUT2D eigenvalue weighted by atomic mass is 9.98. The van der Waals surface area contributed by atoms with Crippen LogP contribution in [-0.2, 0) is 4.79 Å². The zero-order chi connectivity index (χ0) is 18.1. The molecule has 0 amide bonds. The molecule has 3 aromatic heterocycles. The van der Waals surface area contributed by atoms with E-state index in [1.165, 1.54) is 0 Å². The number of aromatic nitrogens is 4. The summed E-state index contributed by atoms with van der Waals surface area (Å²) >= 11 is 0. The molecule has 4 rings (SSSR count). The summed E-state index contributed by atoms with van der Waals surface area (Å²) in [5.74, 6) is 0.425. The molecule has 0 fully saturated rings. The van der Waals surface area contributed by atoms with E-state index in [-0.39, 0.29) is 6.54 Å². The molecule has 8 heteroatoms. The van der Waals surface area contributed by atoms with Crippen molar-refractivity contribution in [3.05, 3.63) is 48.5 Å². The second kappa shape index (κ2) is 6.32. The molecule has 8 nitrogen and oxygen atoms in total. The Morgan fingerprint density at radius 3 is 2.73 bits per heavy atom. The molecule has 0 aliphatic rings. The van der Waals surface area contributed by atoms with E-state index in [4.69, 9.17) is 9.52 Å². The minimum Gasteiger partial charge on any atom is -0.480 e. The summed E-state index contributed by atoms with van der Waals surface area (Å²) in [4.78, 5) is 18.3. The summed E-state index contributed by atoms with van der Waals surface area (Å²) in [7, 11) is 0. The number of hydrogen-bond donors (Lipinski definition) is 3. The number of aryl methyl sites for hydroxylation is 1. The Labute approximate surface area is 147 Å². The minimum atomic E-state index is -0.957. The number of rotatable bonds is 5. The average Bonchev–Trinajstić information content (AvgIpc) is 3.28. The molecule has 0 aliphatic heterocycles. The minimum absolute atomic E-state index is 0.219. The van der Waals surface area contributed by atoms with Crippen molar-refractivity contribution in [2.75, 3.05) is 11.9 Å². The first kappa shape index (κ1) is 15.8. The first-order chi connectivity index (χ1) is 12.6. The number of aliphatic carboxylic acids is 1. The van der Waals surface area contributed by atoms with Crippen molar-refractivity contribution in [3.8, 4) is 22.6 Å². The van der Waals surface area contributed by atoms with E-state index in [0.717, 1.165) is 22.1 Å². The van der Waals surface area contributed by atoms with Gasteiger partial charge in [-0.05, 0) is 29.3 Å². The van der Waals surface area contributed by atoms with Crippen LogP contribution in [0.1, 0.15) is 5.89 Å². The molecule has 0 bridgehead atoms. The van der Waals surface area contributed by atoms with Gasteiger partial charge in [-0.3, -0.25) is 4.79 Å². The third-order valence-corrected chi connectivity index (χ3v) is 3.92. The quantitative estimate of drug-likeness (QED) is 0.507. The standard InChI is InChI=1S/C18H15N5O3/c1-10-22-23-18(26-10)13-5-3-2-4-11(13)14-8-15(20-9-16(24)25)21-17-12(14)6-7-19-17/h2-8H,9H2,1H3,(H,24,25)(H2,19,20,21). The Hall–Kier alpha value is -3.68. The molecule has 3 heterocycles. The maximum Gasteiger partial charge on any atom is 0.322 e. The maximum atomic E-state index is 10.9. The summed E-state index contributed by atoms with van der Waals surface area (Å²) in [6.45, 7) is 1.52. The third-order valence-electron chi connectivity index (χ3n) is 3.92. The number of anilines is 1. The van der Waals surface area contributed by atoms with Crippen LogP contribution in [0.2, 0.25) is 0 Å². The average molecular weight is 349 g/mol. The molecular formula is C18H15N5O3. The number of carboxylic acid groups (broad SMARTS) is 1. The fraction of sp³-hybridized carbons (Fsp3) is 0.111. The summed E-state index contributed by atoms with van der Waals surface area (Å²) in [6.07, 6.45) is 1.79. The highest BCUT2D eigenvalue weighted by atomic mass is 16.4. The number of aromatic amines is 1. The highest BCUT2D eigenvalue weighted by Gasteiger charge is 2.16. The number of pyridine rings is 1. The van der Waals surface area contributed by atoms with Crippen LogP contribution in [0.4, 0.5) is 5.82 Å². The van der Waals surface area contributed by atoms with Crippen LogP contribution in [0, 0.1) is 6.92 Å². The summed E-state index contributed by atoms with van der Waals surface area (Å²) in [6, 6.07) is 11.4. The van der Waals surface area contributed by atoms with E-state index >= 15 is 0 Å². The van der Waals surface area contributed by atoms with Gasteiger partial charge in [0.25, 0.3) is 0 Å². The van der Waals surface area contributed by atoms with Crippen LogP contribution < -0.4 is 5.32 Å². The lowest BCUT2D eigenvalue weighted by molar-refractivity contribution is -0.134. The Morgan fingerprint density at radius 1 is 1.19 bits per heavy atom. The molecule has 3 N–H and O–H groups in total. The molecular weight excluding hydrogens is 334 g/mol. The maximum absolute atomic E-state index is 10.9. The van der Waals surface area contributed by atoms with Gasteiger partial charge >= 0.3 is 5.97 Å². The van der Waals surface area contributed by atoms with Crippen LogP contribution in [0.5, 0.6) is 0 Å². The number of carbonyl (C=O) groups is 1. The van der Waals surface area contributed by atoms with Crippen molar-refractivity contribution >= 4 is 22.8 Å². The second-order valence-corrected chi connectivity index (χ2v) is 5.71. The van der Waals surface area contributed by atoms with E-state index < -0.39 is 5.97 Å². The van der Waals surface area contributed by atoms with Crippen LogP contribution >= 0.6 is 0 Å². The van der Waals surface area contributed by atoms with Crippen molar-refractivity contribution in [3.63, 3.8) is 0 Å². The van der Waals surface area contributed by atoms with Gasteiger partial charge < -0.3 is 19.8 Å². The highest BCUT2D eigenvalue weighted by Crippen LogP contribution is 2.36. The van der Waals surface area contributed by atoms with Gasteiger partial charge in [-0.15, -0.1) is 10.2 Å². The monoisotopic (exact) mass is 349 g/mol. The van der Waals surface area contributed by atoms with E-state index in [9.17, 15) is 4.79 Å². The molecule has 0 saturated carbocycles. The first-order valence-electron chi connectivity index (χ1n) is 7.95. The van der Waals surface area contributed by atoms with Gasteiger partial charge in [-0.25, -0.2) is 4.98 Å². The van der Waals surface area contributed by atoms with E-state index in [1.54, 1.807) is 13.1 Å². The zero-order valence-corrected chi connectivity index (χ0v) is 13.9. The third kappa shape index (κ3) is 2.88. The van der Waals surface area contributed by atoms with E-state index in [0.29, 0.717) is 23.2 Å². The topological polar surface area (TPSA) is 117 Å². The molecule has 0 aliphatic carbocycles. The number of hydrogen-bond acceptors (Lipinski definition) is 6. The van der Waals surface area contributed by atoms with Crippen LogP contribution in [0.25, 0.3) is 33.6 Å². The summed E-state index contributed by atoms with van der Waals surface area (Å²) in [5.41, 5.74) is 3.23. The Balaban J connectivity index is 1.89. The van der Waals surface area contributed by atoms with Gasteiger partial charge in [0.05, 0.1) is 0 Å². The number of nitrogens with one attached hydrogen (secondary N) is 2. The molecule has 26 heavy (non-hydrogen) atoms. The lowest BCUT2D eigenvalue weighted by Gasteiger charge is -2.11. The highest BCUT2D eigenvalue weighted by molar-refractivity contribution is 5.98. The number of nitrogens with zero attached hydrogens (tertiary/aromatic N) is 3. The molecule has 1 aromatic carbocycles. The molecule has 0 radical (unpaired) electrons. The lowest BCUT2D eigenvalue weighted by Crippen LogP contribution is -2.13. The zero-order valence-electron chi connectivity index (χ0n) is 13.9. The van der Waals surface area contributed by atoms with E-state index in [2.05, 4.69) is 25.5 Å². The molecule has 0 atom stereocenters. The SMILES string of the molecule is Cc1nnc(-c2ccccc2-c2cc(NCC(=O)O)nc3[nH]ccc23)o1. The van der Waals surface area contributed by atoms with Crippen LogP contribution in [-0.4, -0.2) is 37.8 Å². The van der Waals surface area contributed by atoms with Gasteiger partial charge in [0.2, 0.25) is 11.8 Å². The largest absolute Gasteiger partial charge is 0.480 e. The van der Waals surface area contributed by atoms with Gasteiger partial charge in [-0.2, -0.15) is 0 Å². The van der Waals surface area contributed by atoms with E-state index in [1.807, 2.05) is 36.4 Å². The smallest absolute Gasteiger partial charge is 0.322 e. The molecule has 0 saturated heterocycles. The fourth-order valence-corrected chi connectivity index (χ4v) is 2.83. The molecule has 4 aromatic rings. The van der Waals surface area contributed by atoms with Crippen molar-refractivity contribution in [2.45, 2.75) is 6.92 Å². The first-order valence-corrected chi connectivity index (χ1v) is 7.95. The Kier molecular flexibility index (Phi) is 3.85. The van der Waals surface area contributed by atoms with Crippen molar-refractivity contribution in [2.24, 2.45) is 0 Å². The second-order valence-electron chi connectivity index (χ2n) is 5.71. The summed E-state index contributed by atoms with van der Waals surface area (Å²) < 4.78 is 5.60. The predicted octanol–water partition coefficient (Wildman–Crippen LogP) is 3.08. The van der Waals surface area contributed by atoms with Crippen molar-refractivity contribution < 1.29 is 14.3 Å². The predicted molar refractivity (Wildman–Crippen MR) is 95.7 cm³/mol. The van der Waals surface area contributed by atoms with Crippen molar-refractivity contribution in [1.29, 1.82) is 0 Å².